The predicted octanol–water partition coefficient (Wildman–Crippen LogP) is 3.65. The molecule has 1 amide bonds. The maximum Gasteiger partial charge on any atom is 0.261 e. The van der Waals surface area contributed by atoms with E-state index in [-0.39, 0.29) is 5.91 Å². The number of hydrogen-bond donors (Lipinski definition) is 1. The summed E-state index contributed by atoms with van der Waals surface area (Å²) in [5, 5.41) is 2.96. The fourth-order valence-corrected chi connectivity index (χ4v) is 2.66. The molecular formula is C21H23N3O2. The summed E-state index contributed by atoms with van der Waals surface area (Å²) in [6.45, 7) is 4.39. The van der Waals surface area contributed by atoms with Crippen LogP contribution in [-0.2, 0) is 11.3 Å². The Morgan fingerprint density at radius 2 is 1.96 bits per heavy atom. The van der Waals surface area contributed by atoms with Gasteiger partial charge in [0, 0.05) is 24.6 Å². The molecule has 0 saturated carbocycles. The van der Waals surface area contributed by atoms with Crippen LogP contribution in [0.5, 0.6) is 5.75 Å². The van der Waals surface area contributed by atoms with Crippen LogP contribution in [0.1, 0.15) is 24.5 Å². The lowest BCUT2D eigenvalue weighted by molar-refractivity contribution is -0.128. The summed E-state index contributed by atoms with van der Waals surface area (Å²) >= 11 is 0. The summed E-state index contributed by atoms with van der Waals surface area (Å²) < 4.78 is 7.83. The van der Waals surface area contributed by atoms with Crippen LogP contribution in [0.4, 0.5) is 0 Å². The van der Waals surface area contributed by atoms with E-state index in [9.17, 15) is 4.79 Å². The van der Waals surface area contributed by atoms with E-state index in [2.05, 4.69) is 10.3 Å². The maximum atomic E-state index is 12.5. The van der Waals surface area contributed by atoms with Crippen molar-refractivity contribution < 1.29 is 9.53 Å². The molecule has 1 atom stereocenters. The van der Waals surface area contributed by atoms with Crippen molar-refractivity contribution in [3.63, 3.8) is 0 Å². The second kappa shape index (κ2) is 8.34. The lowest BCUT2D eigenvalue weighted by Gasteiger charge is -2.18. The zero-order valence-electron chi connectivity index (χ0n) is 15.1. The highest BCUT2D eigenvalue weighted by Crippen LogP contribution is 2.19. The quantitative estimate of drug-likeness (QED) is 0.708. The van der Waals surface area contributed by atoms with E-state index in [1.165, 1.54) is 0 Å². The number of hydrogen-bond acceptors (Lipinski definition) is 3. The Morgan fingerprint density at radius 3 is 2.62 bits per heavy atom. The van der Waals surface area contributed by atoms with E-state index in [1.54, 1.807) is 12.5 Å². The zero-order chi connectivity index (χ0) is 18.4. The van der Waals surface area contributed by atoms with Crippen LogP contribution < -0.4 is 10.1 Å². The van der Waals surface area contributed by atoms with Crippen LogP contribution in [0.2, 0.25) is 0 Å². The molecule has 0 aliphatic rings. The van der Waals surface area contributed by atoms with E-state index < -0.39 is 6.10 Å². The van der Waals surface area contributed by atoms with E-state index in [1.807, 2.05) is 73.1 Å². The molecule has 3 rings (SSSR count). The summed E-state index contributed by atoms with van der Waals surface area (Å²) in [7, 11) is 0. The highest BCUT2D eigenvalue weighted by atomic mass is 16.5. The number of carbonyl (C=O) groups is 1. The van der Waals surface area contributed by atoms with Gasteiger partial charge in [-0.1, -0.05) is 37.3 Å². The number of ether oxygens (including phenoxy) is 1. The second-order valence-corrected chi connectivity index (χ2v) is 6.13. The molecule has 1 N–H and O–H groups in total. The van der Waals surface area contributed by atoms with E-state index >= 15 is 0 Å². The van der Waals surface area contributed by atoms with E-state index in [0.717, 1.165) is 22.6 Å². The third-order valence-corrected chi connectivity index (χ3v) is 4.23. The number of aryl methyl sites for hydroxylation is 1. The molecule has 5 nitrogen and oxygen atoms in total. The topological polar surface area (TPSA) is 56.1 Å². The molecule has 1 heterocycles. The zero-order valence-corrected chi connectivity index (χ0v) is 15.1. The van der Waals surface area contributed by atoms with Gasteiger partial charge in [-0.3, -0.25) is 4.79 Å². The van der Waals surface area contributed by atoms with Crippen molar-refractivity contribution >= 4 is 5.91 Å². The number of rotatable bonds is 7. The lowest BCUT2D eigenvalue weighted by Crippen LogP contribution is -2.37. The SMILES string of the molecule is CC[C@@H](Oc1ccccc1C)C(=O)NCc1ccc(-n2ccnc2)cc1. The van der Waals surface area contributed by atoms with Gasteiger partial charge < -0.3 is 14.6 Å². The predicted molar refractivity (Wildman–Crippen MR) is 101 cm³/mol. The lowest BCUT2D eigenvalue weighted by atomic mass is 10.2. The molecule has 5 heteroatoms. The molecule has 0 aliphatic carbocycles. The first-order valence-corrected chi connectivity index (χ1v) is 8.74. The molecule has 0 spiro atoms. The number of benzene rings is 2. The summed E-state index contributed by atoms with van der Waals surface area (Å²) in [5.41, 5.74) is 3.09. The van der Waals surface area contributed by atoms with Crippen molar-refractivity contribution in [3.05, 3.63) is 78.4 Å². The first-order chi connectivity index (χ1) is 12.7. The molecule has 26 heavy (non-hydrogen) atoms. The third kappa shape index (κ3) is 4.30. The van der Waals surface area contributed by atoms with Crippen LogP contribution in [0.3, 0.4) is 0 Å². The Kier molecular flexibility index (Phi) is 5.69. The Hall–Kier alpha value is -3.08. The first kappa shape index (κ1) is 17.7. The fourth-order valence-electron chi connectivity index (χ4n) is 2.66. The smallest absolute Gasteiger partial charge is 0.261 e. The normalized spacial score (nSPS) is 11.8. The second-order valence-electron chi connectivity index (χ2n) is 6.13. The molecule has 1 aromatic heterocycles. The van der Waals surface area contributed by atoms with Gasteiger partial charge in [0.25, 0.3) is 5.91 Å². The van der Waals surface area contributed by atoms with E-state index in [0.29, 0.717) is 13.0 Å². The van der Waals surface area contributed by atoms with Crippen molar-refractivity contribution in [2.24, 2.45) is 0 Å². The monoisotopic (exact) mass is 349 g/mol. The van der Waals surface area contributed by atoms with Crippen molar-refractivity contribution in [1.29, 1.82) is 0 Å². The van der Waals surface area contributed by atoms with Gasteiger partial charge in [-0.15, -0.1) is 0 Å². The summed E-state index contributed by atoms with van der Waals surface area (Å²) in [6.07, 6.45) is 5.51. The molecule has 3 aromatic rings. The molecule has 0 fully saturated rings. The molecule has 0 bridgehead atoms. The molecular weight excluding hydrogens is 326 g/mol. The van der Waals surface area contributed by atoms with Crippen molar-refractivity contribution in [2.45, 2.75) is 32.9 Å². The highest BCUT2D eigenvalue weighted by Gasteiger charge is 2.18. The standard InChI is InChI=1S/C21H23N3O2/c1-3-19(26-20-7-5-4-6-16(20)2)21(25)23-14-17-8-10-18(11-9-17)24-13-12-22-15-24/h4-13,15,19H,3,14H2,1-2H3,(H,23,25)/t19-/m1/s1. The minimum absolute atomic E-state index is 0.102. The van der Waals surface area contributed by atoms with Gasteiger partial charge in [-0.05, 0) is 42.7 Å². The molecule has 0 radical (unpaired) electrons. The number of para-hydroxylation sites is 1. The van der Waals surface area contributed by atoms with Crippen molar-refractivity contribution in [1.82, 2.24) is 14.9 Å². The summed E-state index contributed by atoms with van der Waals surface area (Å²) in [6, 6.07) is 15.7. The number of aromatic nitrogens is 2. The Balaban J connectivity index is 1.57. The van der Waals surface area contributed by atoms with Crippen LogP contribution in [0.25, 0.3) is 5.69 Å². The minimum Gasteiger partial charge on any atom is -0.480 e. The van der Waals surface area contributed by atoms with Crippen molar-refractivity contribution in [2.75, 3.05) is 0 Å². The van der Waals surface area contributed by atoms with Gasteiger partial charge in [-0.2, -0.15) is 0 Å². The summed E-state index contributed by atoms with van der Waals surface area (Å²) in [4.78, 5) is 16.5. The molecule has 0 aliphatic heterocycles. The van der Waals surface area contributed by atoms with Crippen LogP contribution in [-0.4, -0.2) is 21.6 Å². The van der Waals surface area contributed by atoms with Crippen molar-refractivity contribution in [3.8, 4) is 11.4 Å². The van der Waals surface area contributed by atoms with Gasteiger partial charge in [0.05, 0.1) is 6.33 Å². The van der Waals surface area contributed by atoms with Crippen LogP contribution >= 0.6 is 0 Å². The van der Waals surface area contributed by atoms with E-state index in [4.69, 9.17) is 4.74 Å². The van der Waals surface area contributed by atoms with Crippen LogP contribution in [0, 0.1) is 6.92 Å². The molecule has 134 valence electrons. The number of imidazole rings is 1. The van der Waals surface area contributed by atoms with Gasteiger partial charge in [0.1, 0.15) is 5.75 Å². The minimum atomic E-state index is -0.499. The average molecular weight is 349 g/mol. The first-order valence-electron chi connectivity index (χ1n) is 8.74. The molecule has 0 saturated heterocycles. The number of carbonyl (C=O) groups excluding carboxylic acids is 1. The fraction of sp³-hybridized carbons (Fsp3) is 0.238. The Bertz CT molecular complexity index is 842. The molecule has 2 aromatic carbocycles. The Morgan fingerprint density at radius 1 is 1.19 bits per heavy atom. The van der Waals surface area contributed by atoms with Gasteiger partial charge >= 0.3 is 0 Å². The third-order valence-electron chi connectivity index (χ3n) is 4.23. The molecule has 0 unspecified atom stereocenters. The van der Waals surface area contributed by atoms with Gasteiger partial charge in [-0.25, -0.2) is 4.98 Å². The number of nitrogens with one attached hydrogen (secondary N) is 1. The average Bonchev–Trinajstić information content (AvgIpc) is 3.20. The number of amides is 1. The Labute approximate surface area is 153 Å². The van der Waals surface area contributed by atoms with Gasteiger partial charge in [0.2, 0.25) is 0 Å². The maximum absolute atomic E-state index is 12.5. The largest absolute Gasteiger partial charge is 0.480 e. The summed E-state index contributed by atoms with van der Waals surface area (Å²) in [5.74, 6) is 0.647. The number of nitrogens with zero attached hydrogens (tertiary/aromatic N) is 2. The van der Waals surface area contributed by atoms with Gasteiger partial charge in [0.15, 0.2) is 6.10 Å². The highest BCUT2D eigenvalue weighted by molar-refractivity contribution is 5.81. The van der Waals surface area contributed by atoms with Crippen LogP contribution in [0.15, 0.2) is 67.3 Å².